The lowest BCUT2D eigenvalue weighted by molar-refractivity contribution is 0.173. The number of ether oxygens (including phenoxy) is 4. The molecular weight excluding hydrogens is 464 g/mol. The first kappa shape index (κ1) is 20.8. The van der Waals surface area contributed by atoms with E-state index in [1.165, 1.54) is 0 Å². The third kappa shape index (κ3) is 5.00. The summed E-state index contributed by atoms with van der Waals surface area (Å²) in [6, 6.07) is 11.6. The Bertz CT molecular complexity index is 1010. The molecule has 2 aromatic rings. The second-order valence-electron chi connectivity index (χ2n) is 6.70. The fourth-order valence-corrected chi connectivity index (χ4v) is 3.12. The highest BCUT2D eigenvalue weighted by Crippen LogP contribution is 2.33. The van der Waals surface area contributed by atoms with E-state index in [4.69, 9.17) is 18.9 Å². The number of aliphatic imine (C=N–C) groups is 1. The van der Waals surface area contributed by atoms with E-state index in [1.54, 1.807) is 0 Å². The largest absolute Gasteiger partial charge is 0.454 e. The lowest BCUT2D eigenvalue weighted by Crippen LogP contribution is -2.30. The topological polar surface area (TPSA) is 85.7 Å². The maximum Gasteiger partial charge on any atom is 0.231 e. The fraction of sp³-hybridized carbons (Fsp3) is 0.182. The summed E-state index contributed by atoms with van der Waals surface area (Å²) in [6.45, 7) is 2.07. The molecule has 5 rings (SSSR count). The van der Waals surface area contributed by atoms with Crippen molar-refractivity contribution < 1.29 is 18.9 Å². The lowest BCUT2D eigenvalue weighted by atomic mass is 10.1. The molecule has 160 valence electrons. The van der Waals surface area contributed by atoms with Crippen LogP contribution in [0.1, 0.15) is 11.1 Å². The van der Waals surface area contributed by atoms with Gasteiger partial charge in [0.25, 0.3) is 0 Å². The number of hydrogen-bond donors (Lipinski definition) is 2. The first-order valence-corrected chi connectivity index (χ1v) is 9.61. The van der Waals surface area contributed by atoms with Gasteiger partial charge in [0.2, 0.25) is 19.5 Å². The van der Waals surface area contributed by atoms with Crippen molar-refractivity contribution in [2.24, 2.45) is 10.1 Å². The van der Waals surface area contributed by atoms with Gasteiger partial charge in [-0.25, -0.2) is 10.4 Å². The summed E-state index contributed by atoms with van der Waals surface area (Å²) < 4.78 is 21.6. The highest BCUT2D eigenvalue weighted by Gasteiger charge is 2.13. The van der Waals surface area contributed by atoms with Crippen molar-refractivity contribution in [2.75, 3.05) is 26.7 Å². The van der Waals surface area contributed by atoms with E-state index in [0.717, 1.165) is 52.9 Å². The van der Waals surface area contributed by atoms with Crippen LogP contribution >= 0.6 is 17.0 Å². The normalized spacial score (nSPS) is 15.5. The van der Waals surface area contributed by atoms with E-state index >= 15 is 0 Å². The second kappa shape index (κ2) is 9.57. The Balaban J connectivity index is 0.00000231. The molecule has 9 heteroatoms. The standard InChI is InChI=1S/C22H20N4O4.BrH/c1(15-3-7-18-20(11-15)29-13-27-18)5-17(25-26-22-23-9-10-24-22)6-2-16-4-8-19-21(12-16)30-14-28-19;/h1-8,11-12H,9-10,13-14H2,(H2,23,24,26);1H. The van der Waals surface area contributed by atoms with E-state index in [9.17, 15) is 0 Å². The smallest absolute Gasteiger partial charge is 0.231 e. The van der Waals surface area contributed by atoms with Gasteiger partial charge in [0, 0.05) is 6.54 Å². The number of allylic oxidation sites excluding steroid dienone is 2. The van der Waals surface area contributed by atoms with Crippen molar-refractivity contribution in [2.45, 2.75) is 0 Å². The Morgan fingerprint density at radius 2 is 1.45 bits per heavy atom. The molecule has 0 amide bonds. The van der Waals surface area contributed by atoms with E-state index < -0.39 is 0 Å². The molecule has 3 aliphatic rings. The summed E-state index contributed by atoms with van der Waals surface area (Å²) >= 11 is 0. The van der Waals surface area contributed by atoms with Gasteiger partial charge in [-0.3, -0.25) is 0 Å². The van der Waals surface area contributed by atoms with Gasteiger partial charge in [-0.1, -0.05) is 24.3 Å². The van der Waals surface area contributed by atoms with Gasteiger partial charge in [0.1, 0.15) is 0 Å². The van der Waals surface area contributed by atoms with Crippen molar-refractivity contribution in [3.05, 3.63) is 59.7 Å². The van der Waals surface area contributed by atoms with E-state index in [1.807, 2.05) is 60.7 Å². The minimum Gasteiger partial charge on any atom is -0.454 e. The lowest BCUT2D eigenvalue weighted by Gasteiger charge is -2.02. The zero-order chi connectivity index (χ0) is 20.2. The van der Waals surface area contributed by atoms with Crippen LogP contribution in [0.4, 0.5) is 0 Å². The number of nitrogens with one attached hydrogen (secondary N) is 2. The number of guanidine groups is 1. The Kier molecular flexibility index (Phi) is 6.42. The van der Waals surface area contributed by atoms with Crippen LogP contribution < -0.4 is 29.7 Å². The second-order valence-corrected chi connectivity index (χ2v) is 6.70. The zero-order valence-corrected chi connectivity index (χ0v) is 18.3. The molecule has 0 saturated heterocycles. The molecule has 0 atom stereocenters. The molecule has 2 aromatic carbocycles. The molecule has 2 N–H and O–H groups in total. The summed E-state index contributed by atoms with van der Waals surface area (Å²) in [5, 5.41) is 7.61. The van der Waals surface area contributed by atoms with Gasteiger partial charge in [-0.05, 0) is 47.5 Å². The summed E-state index contributed by atoms with van der Waals surface area (Å²) in [5.41, 5.74) is 5.67. The minimum atomic E-state index is 0. The highest BCUT2D eigenvalue weighted by atomic mass is 79.9. The maximum atomic E-state index is 5.44. The molecule has 0 unspecified atom stereocenters. The highest BCUT2D eigenvalue weighted by molar-refractivity contribution is 8.93. The summed E-state index contributed by atoms with van der Waals surface area (Å²) in [6.07, 6.45) is 7.78. The summed E-state index contributed by atoms with van der Waals surface area (Å²) in [4.78, 5) is 4.30. The van der Waals surface area contributed by atoms with Gasteiger partial charge < -0.3 is 24.3 Å². The zero-order valence-electron chi connectivity index (χ0n) is 16.5. The van der Waals surface area contributed by atoms with Crippen LogP contribution in [0.3, 0.4) is 0 Å². The number of nitrogens with zero attached hydrogens (tertiary/aromatic N) is 2. The first-order valence-electron chi connectivity index (χ1n) is 9.61. The molecular formula is C22H21BrN4O4. The molecule has 0 radical (unpaired) electrons. The monoisotopic (exact) mass is 484 g/mol. The van der Waals surface area contributed by atoms with Crippen molar-refractivity contribution >= 4 is 40.8 Å². The molecule has 0 bridgehead atoms. The molecule has 0 spiro atoms. The van der Waals surface area contributed by atoms with Gasteiger partial charge in [-0.15, -0.1) is 17.0 Å². The van der Waals surface area contributed by atoms with Crippen LogP contribution in [-0.2, 0) is 0 Å². The Morgan fingerprint density at radius 3 is 2.00 bits per heavy atom. The third-order valence-corrected chi connectivity index (χ3v) is 4.65. The number of benzene rings is 2. The average molecular weight is 485 g/mol. The third-order valence-electron chi connectivity index (χ3n) is 4.65. The fourth-order valence-electron chi connectivity index (χ4n) is 3.12. The van der Waals surface area contributed by atoms with E-state index in [-0.39, 0.29) is 30.6 Å². The van der Waals surface area contributed by atoms with Crippen molar-refractivity contribution in [3.8, 4) is 23.0 Å². The molecule has 3 heterocycles. The number of halogens is 1. The minimum absolute atomic E-state index is 0. The van der Waals surface area contributed by atoms with Gasteiger partial charge in [0.05, 0.1) is 12.3 Å². The van der Waals surface area contributed by atoms with E-state index in [0.29, 0.717) is 5.96 Å². The van der Waals surface area contributed by atoms with E-state index in [2.05, 4.69) is 20.8 Å². The molecule has 31 heavy (non-hydrogen) atoms. The molecule has 0 fully saturated rings. The summed E-state index contributed by atoms with van der Waals surface area (Å²) in [5.74, 6) is 3.68. The van der Waals surface area contributed by atoms with Crippen LogP contribution in [0, 0.1) is 0 Å². The quantitative estimate of drug-likeness (QED) is 0.499. The van der Waals surface area contributed by atoms with Gasteiger partial charge >= 0.3 is 0 Å². The summed E-state index contributed by atoms with van der Waals surface area (Å²) in [7, 11) is 0. The number of rotatable bonds is 5. The predicted octanol–water partition coefficient (Wildman–Crippen LogP) is 3.35. The number of hydrogen-bond acceptors (Lipinski definition) is 8. The van der Waals surface area contributed by atoms with Gasteiger partial charge in [-0.2, -0.15) is 5.10 Å². The van der Waals surface area contributed by atoms with Crippen molar-refractivity contribution in [3.63, 3.8) is 0 Å². The predicted molar refractivity (Wildman–Crippen MR) is 124 cm³/mol. The number of hydrazone groups is 1. The molecule has 8 nitrogen and oxygen atoms in total. The van der Waals surface area contributed by atoms with Crippen molar-refractivity contribution in [1.82, 2.24) is 10.7 Å². The van der Waals surface area contributed by atoms with Gasteiger partial charge in [0.15, 0.2) is 23.0 Å². The van der Waals surface area contributed by atoms with Crippen LogP contribution in [0.5, 0.6) is 23.0 Å². The molecule has 3 aliphatic heterocycles. The molecule has 0 aliphatic carbocycles. The number of fused-ring (bicyclic) bond motifs is 2. The Hall–Kier alpha value is -3.46. The maximum absolute atomic E-state index is 5.44. The van der Waals surface area contributed by atoms with Crippen molar-refractivity contribution in [1.29, 1.82) is 0 Å². The Morgan fingerprint density at radius 1 is 0.871 bits per heavy atom. The molecule has 0 saturated carbocycles. The van der Waals surface area contributed by atoms with Crippen LogP contribution in [0.25, 0.3) is 12.2 Å². The average Bonchev–Trinajstić information content (AvgIpc) is 3.53. The first-order chi connectivity index (χ1) is 14.8. The van der Waals surface area contributed by atoms with Crippen LogP contribution in [0.15, 0.2) is 58.6 Å². The van der Waals surface area contributed by atoms with Crippen LogP contribution in [-0.4, -0.2) is 38.3 Å². The Labute approximate surface area is 190 Å². The SMILES string of the molecule is Br.C(=Cc1ccc2c(c1)OCO2)C(C=Cc1ccc2c(c1)OCO2)=NNC1=NCCN1. The van der Waals surface area contributed by atoms with Crippen LogP contribution in [0.2, 0.25) is 0 Å². The molecule has 0 aromatic heterocycles.